The van der Waals surface area contributed by atoms with Crippen LogP contribution in [0.2, 0.25) is 0 Å². The summed E-state index contributed by atoms with van der Waals surface area (Å²) in [6.07, 6.45) is 12.1. The number of benzene rings is 1. The minimum absolute atomic E-state index is 0.0973. The van der Waals surface area contributed by atoms with E-state index in [1.54, 1.807) is 0 Å². The third kappa shape index (κ3) is 7.25. The Bertz CT molecular complexity index is 750. The van der Waals surface area contributed by atoms with E-state index >= 15 is 0 Å². The molecule has 2 heteroatoms. The summed E-state index contributed by atoms with van der Waals surface area (Å²) in [7, 11) is 0. The van der Waals surface area contributed by atoms with Gasteiger partial charge in [0.05, 0.1) is 5.60 Å². The number of ether oxygens (including phenoxy) is 2. The average molecular weight is 471 g/mol. The average Bonchev–Trinajstić information content (AvgIpc) is 2.70. The molecule has 3 fully saturated rings. The van der Waals surface area contributed by atoms with Crippen molar-refractivity contribution in [3.63, 3.8) is 0 Å². The summed E-state index contributed by atoms with van der Waals surface area (Å²) in [4.78, 5) is 0. The van der Waals surface area contributed by atoms with Crippen LogP contribution < -0.4 is 4.74 Å². The maximum absolute atomic E-state index is 6.76. The highest BCUT2D eigenvalue weighted by Crippen LogP contribution is 2.52. The zero-order chi connectivity index (χ0) is 25.2. The van der Waals surface area contributed by atoms with Crippen LogP contribution in [0, 0.1) is 22.2 Å². The van der Waals surface area contributed by atoms with Crippen LogP contribution in [0.5, 0.6) is 5.75 Å². The first-order valence-electron chi connectivity index (χ1n) is 14.2. The summed E-state index contributed by atoms with van der Waals surface area (Å²) in [6.45, 7) is 21.2. The number of rotatable bonds is 11. The lowest BCUT2D eigenvalue weighted by Crippen LogP contribution is -2.52. The van der Waals surface area contributed by atoms with Gasteiger partial charge < -0.3 is 9.47 Å². The Morgan fingerprint density at radius 1 is 0.941 bits per heavy atom. The molecule has 2 unspecified atom stereocenters. The maximum Gasteiger partial charge on any atom is 0.200 e. The van der Waals surface area contributed by atoms with Gasteiger partial charge in [0.1, 0.15) is 5.75 Å². The van der Waals surface area contributed by atoms with Gasteiger partial charge in [0.25, 0.3) is 0 Å². The van der Waals surface area contributed by atoms with Crippen molar-refractivity contribution in [2.24, 2.45) is 22.2 Å². The Labute approximate surface area is 211 Å². The van der Waals surface area contributed by atoms with E-state index in [0.29, 0.717) is 11.3 Å². The molecule has 2 bridgehead atoms. The summed E-state index contributed by atoms with van der Waals surface area (Å²) in [5.41, 5.74) is 2.37. The molecule has 0 saturated heterocycles. The molecule has 0 radical (unpaired) electrons. The third-order valence-corrected chi connectivity index (χ3v) is 8.60. The molecular formula is C32H54O2. The van der Waals surface area contributed by atoms with Crippen molar-refractivity contribution >= 4 is 0 Å². The molecule has 0 heterocycles. The molecule has 0 aliphatic heterocycles. The zero-order valence-electron chi connectivity index (χ0n) is 23.9. The van der Waals surface area contributed by atoms with Crippen LogP contribution in [-0.2, 0) is 4.74 Å². The fourth-order valence-corrected chi connectivity index (χ4v) is 6.87. The Kier molecular flexibility index (Phi) is 8.54. The molecule has 0 aromatic heterocycles. The Balaban J connectivity index is 1.69. The van der Waals surface area contributed by atoms with Gasteiger partial charge in [-0.2, -0.15) is 0 Å². The van der Waals surface area contributed by atoms with Gasteiger partial charge in [-0.3, -0.25) is 0 Å². The molecule has 0 amide bonds. The number of hydrogen-bond acceptors (Lipinski definition) is 2. The van der Waals surface area contributed by atoms with Crippen molar-refractivity contribution in [2.75, 3.05) is 0 Å². The fourth-order valence-electron chi connectivity index (χ4n) is 6.87. The maximum atomic E-state index is 6.76. The summed E-state index contributed by atoms with van der Waals surface area (Å²) in [5, 5.41) is 0. The van der Waals surface area contributed by atoms with Gasteiger partial charge >= 0.3 is 0 Å². The molecule has 1 aromatic rings. The highest BCUT2D eigenvalue weighted by Gasteiger charge is 2.49. The normalized spacial score (nSPS) is 24.9. The lowest BCUT2D eigenvalue weighted by atomic mass is 9.61. The van der Waals surface area contributed by atoms with Crippen LogP contribution in [0.15, 0.2) is 24.3 Å². The van der Waals surface area contributed by atoms with Crippen LogP contribution in [0.4, 0.5) is 0 Å². The van der Waals surface area contributed by atoms with Gasteiger partial charge in [-0.1, -0.05) is 100 Å². The molecule has 194 valence electrons. The van der Waals surface area contributed by atoms with Gasteiger partial charge in [0, 0.05) is 6.42 Å². The second-order valence-corrected chi connectivity index (χ2v) is 14.5. The summed E-state index contributed by atoms with van der Waals surface area (Å²) < 4.78 is 13.3. The van der Waals surface area contributed by atoms with Crippen molar-refractivity contribution in [3.05, 3.63) is 29.8 Å². The van der Waals surface area contributed by atoms with E-state index in [1.807, 2.05) is 0 Å². The second kappa shape index (κ2) is 10.5. The van der Waals surface area contributed by atoms with Crippen LogP contribution in [0.25, 0.3) is 0 Å². The van der Waals surface area contributed by atoms with Crippen molar-refractivity contribution < 1.29 is 9.47 Å². The Hall–Kier alpha value is -1.02. The van der Waals surface area contributed by atoms with Gasteiger partial charge in [-0.25, -0.2) is 0 Å². The van der Waals surface area contributed by atoms with E-state index in [9.17, 15) is 0 Å². The Morgan fingerprint density at radius 3 is 2.09 bits per heavy atom. The fraction of sp³-hybridized carbons (Fsp3) is 0.812. The SMILES string of the molecule is CCC(C)(C)C(c1ccc(OC(CCCCC(C)(C)C)OC23CCCC(C2)C3)cc1)C(C)(C)C. The molecule has 3 aliphatic rings. The van der Waals surface area contributed by atoms with E-state index in [2.05, 4.69) is 86.6 Å². The number of unbranched alkanes of at least 4 members (excludes halogenated alkanes) is 1. The molecular weight excluding hydrogens is 416 g/mol. The summed E-state index contributed by atoms with van der Waals surface area (Å²) in [6, 6.07) is 8.98. The Morgan fingerprint density at radius 2 is 1.59 bits per heavy atom. The molecule has 2 nitrogen and oxygen atoms in total. The second-order valence-electron chi connectivity index (χ2n) is 14.5. The summed E-state index contributed by atoms with van der Waals surface area (Å²) in [5.74, 6) is 2.34. The van der Waals surface area contributed by atoms with Gasteiger partial charge in [-0.05, 0) is 77.9 Å². The van der Waals surface area contributed by atoms with E-state index in [1.165, 1.54) is 56.9 Å². The van der Waals surface area contributed by atoms with Gasteiger partial charge in [-0.15, -0.1) is 0 Å². The van der Waals surface area contributed by atoms with E-state index < -0.39 is 0 Å². The zero-order valence-corrected chi connectivity index (χ0v) is 23.9. The van der Waals surface area contributed by atoms with Crippen LogP contribution in [0.1, 0.15) is 138 Å². The lowest BCUT2D eigenvalue weighted by Gasteiger charge is -2.53. The summed E-state index contributed by atoms with van der Waals surface area (Å²) >= 11 is 0. The molecule has 34 heavy (non-hydrogen) atoms. The molecule has 3 saturated carbocycles. The van der Waals surface area contributed by atoms with Crippen molar-refractivity contribution in [3.8, 4) is 5.75 Å². The highest BCUT2D eigenvalue weighted by molar-refractivity contribution is 5.31. The number of fused-ring (bicyclic) bond motifs is 2. The minimum atomic E-state index is -0.129. The predicted octanol–water partition coefficient (Wildman–Crippen LogP) is 9.91. The lowest BCUT2D eigenvalue weighted by molar-refractivity contribution is -0.236. The van der Waals surface area contributed by atoms with Crippen LogP contribution in [-0.4, -0.2) is 11.9 Å². The first-order valence-corrected chi connectivity index (χ1v) is 14.2. The monoisotopic (exact) mass is 470 g/mol. The molecule has 2 atom stereocenters. The van der Waals surface area contributed by atoms with E-state index in [-0.39, 0.29) is 22.7 Å². The molecule has 1 aromatic carbocycles. The van der Waals surface area contributed by atoms with Gasteiger partial charge in [0.2, 0.25) is 0 Å². The molecule has 3 aliphatic carbocycles. The highest BCUT2D eigenvalue weighted by atomic mass is 16.7. The van der Waals surface area contributed by atoms with Crippen LogP contribution in [0.3, 0.4) is 0 Å². The van der Waals surface area contributed by atoms with Gasteiger partial charge in [0.15, 0.2) is 6.29 Å². The van der Waals surface area contributed by atoms with E-state index in [0.717, 1.165) is 24.5 Å². The third-order valence-electron chi connectivity index (χ3n) is 8.60. The molecule has 4 rings (SSSR count). The minimum Gasteiger partial charge on any atom is -0.465 e. The first-order chi connectivity index (χ1) is 15.7. The van der Waals surface area contributed by atoms with Crippen molar-refractivity contribution in [2.45, 2.75) is 144 Å². The van der Waals surface area contributed by atoms with E-state index in [4.69, 9.17) is 9.47 Å². The van der Waals surface area contributed by atoms with Crippen molar-refractivity contribution in [1.82, 2.24) is 0 Å². The smallest absolute Gasteiger partial charge is 0.200 e. The standard InChI is InChI=1S/C32H54O2/c1-10-31(8,9)28(30(5,6)7)25-16-18-26(19-17-25)33-27(15-11-12-20-29(2,3)4)34-32-21-13-14-24(22-32)23-32/h16-19,24,27-28H,10-15,20-23H2,1-9H3. The predicted molar refractivity (Wildman–Crippen MR) is 145 cm³/mol. The largest absolute Gasteiger partial charge is 0.465 e. The quantitative estimate of drug-likeness (QED) is 0.236. The number of hydrogen-bond donors (Lipinski definition) is 0. The van der Waals surface area contributed by atoms with Crippen LogP contribution >= 0.6 is 0 Å². The van der Waals surface area contributed by atoms with Crippen molar-refractivity contribution in [1.29, 1.82) is 0 Å². The topological polar surface area (TPSA) is 18.5 Å². The molecule has 0 spiro atoms. The first kappa shape index (κ1) is 27.6. The molecule has 0 N–H and O–H groups in total.